The number of anilines is 2. The van der Waals surface area contributed by atoms with Gasteiger partial charge in [0.1, 0.15) is 18.0 Å². The Morgan fingerprint density at radius 3 is 2.63 bits per heavy atom. The van der Waals surface area contributed by atoms with Crippen molar-refractivity contribution in [2.24, 2.45) is 0 Å². The molecule has 0 saturated carbocycles. The van der Waals surface area contributed by atoms with Crippen molar-refractivity contribution in [1.82, 2.24) is 19.8 Å². The van der Waals surface area contributed by atoms with E-state index in [9.17, 15) is 15.2 Å². The first kappa shape index (κ1) is 32.1. The van der Waals surface area contributed by atoms with Crippen LogP contribution < -0.4 is 14.5 Å². The predicted octanol–water partition coefficient (Wildman–Crippen LogP) is 4.98. The second-order valence-corrected chi connectivity index (χ2v) is 13.9. The van der Waals surface area contributed by atoms with Crippen LogP contribution in [-0.2, 0) is 17.7 Å². The summed E-state index contributed by atoms with van der Waals surface area (Å²) in [5.74, 6) is 0.663. The number of amides is 1. The Morgan fingerprint density at radius 1 is 1.13 bits per heavy atom. The monoisotopic (exact) mass is 647 g/mol. The summed E-state index contributed by atoms with van der Waals surface area (Å²) < 4.78 is 11.9. The van der Waals surface area contributed by atoms with E-state index >= 15 is 0 Å². The molecule has 4 heterocycles. The molecule has 2 fully saturated rings. The van der Waals surface area contributed by atoms with Crippen LogP contribution in [0, 0.1) is 11.3 Å². The number of benzene rings is 2. The molecule has 3 aliphatic rings. The van der Waals surface area contributed by atoms with Gasteiger partial charge < -0.3 is 29.3 Å². The largest absolute Gasteiger partial charge is 0.462 e. The predicted molar refractivity (Wildman–Crippen MR) is 177 cm³/mol. The molecule has 1 amide bonds. The van der Waals surface area contributed by atoms with Crippen LogP contribution in [-0.4, -0.2) is 94.7 Å². The maximum atomic E-state index is 13.1. The third kappa shape index (κ3) is 6.52. The number of carbonyl (C=O) groups is 1. The molecule has 0 radical (unpaired) electrons. The molecule has 0 bridgehead atoms. The first-order valence-electron chi connectivity index (χ1n) is 16.0. The zero-order valence-corrected chi connectivity index (χ0v) is 27.8. The van der Waals surface area contributed by atoms with E-state index in [1.54, 1.807) is 20.8 Å². The first-order valence-corrected chi connectivity index (χ1v) is 16.3. The molecule has 3 aromatic rings. The van der Waals surface area contributed by atoms with Crippen LogP contribution in [0.25, 0.3) is 10.8 Å². The zero-order chi connectivity index (χ0) is 32.6. The summed E-state index contributed by atoms with van der Waals surface area (Å²) in [6, 6.07) is 14.8. The molecule has 6 rings (SSSR count). The quantitative estimate of drug-likeness (QED) is 0.393. The number of nitrogens with zero attached hydrogens (tertiary/aromatic N) is 7. The Morgan fingerprint density at radius 2 is 1.91 bits per heavy atom. The number of β-amino-alcohol motifs (C(OH)–C–C–N with tert-alkyl or cyclic N) is 1. The van der Waals surface area contributed by atoms with E-state index < -0.39 is 17.4 Å². The Labute approximate surface area is 275 Å². The van der Waals surface area contributed by atoms with Crippen LogP contribution in [0.1, 0.15) is 51.3 Å². The van der Waals surface area contributed by atoms with Crippen LogP contribution >= 0.6 is 11.6 Å². The zero-order valence-electron chi connectivity index (χ0n) is 27.0. The van der Waals surface area contributed by atoms with Crippen molar-refractivity contribution in [3.8, 4) is 12.1 Å². The van der Waals surface area contributed by atoms with Gasteiger partial charge in [0, 0.05) is 42.3 Å². The van der Waals surface area contributed by atoms with Gasteiger partial charge in [0.05, 0.1) is 36.3 Å². The number of hydrogen-bond donors (Lipinski definition) is 1. The Balaban J connectivity index is 1.34. The lowest BCUT2D eigenvalue weighted by Gasteiger charge is -2.47. The van der Waals surface area contributed by atoms with E-state index in [1.165, 1.54) is 4.90 Å². The fraction of sp³-hybridized carbons (Fsp3) is 0.529. The number of carbonyl (C=O) groups excluding carboxylic acids is 1. The minimum absolute atomic E-state index is 0.00327. The van der Waals surface area contributed by atoms with Crippen LogP contribution in [0.15, 0.2) is 36.4 Å². The molecule has 1 aromatic heterocycles. The minimum atomic E-state index is -1.76. The smallest absolute Gasteiger partial charge is 0.412 e. The summed E-state index contributed by atoms with van der Waals surface area (Å²) in [6.45, 7) is 8.62. The van der Waals surface area contributed by atoms with Gasteiger partial charge in [0.25, 0.3) is 0 Å². The second-order valence-electron chi connectivity index (χ2n) is 13.5. The molecule has 2 atom stereocenters. The topological polar surface area (TPSA) is 118 Å². The van der Waals surface area contributed by atoms with Gasteiger partial charge in [-0.15, -0.1) is 0 Å². The normalized spacial score (nSPS) is 22.1. The second kappa shape index (κ2) is 12.7. The highest BCUT2D eigenvalue weighted by atomic mass is 35.5. The number of aliphatic hydroxyl groups is 1. The molecule has 244 valence electrons. The van der Waals surface area contributed by atoms with Crippen molar-refractivity contribution in [3.05, 3.63) is 52.7 Å². The van der Waals surface area contributed by atoms with E-state index in [2.05, 4.69) is 41.1 Å². The fourth-order valence-corrected chi connectivity index (χ4v) is 7.04. The van der Waals surface area contributed by atoms with Crippen LogP contribution in [0.4, 0.5) is 16.3 Å². The van der Waals surface area contributed by atoms with Gasteiger partial charge in [0.15, 0.2) is 5.72 Å². The molecule has 12 heteroatoms. The highest BCUT2D eigenvalue weighted by molar-refractivity contribution is 6.36. The number of rotatable bonds is 6. The number of hydrogen-bond acceptors (Lipinski definition) is 10. The highest BCUT2D eigenvalue weighted by Gasteiger charge is 2.45. The summed E-state index contributed by atoms with van der Waals surface area (Å²) in [7, 11) is 2.10. The number of nitriles is 1. The molecule has 0 unspecified atom stereocenters. The maximum Gasteiger partial charge on any atom is 0.412 e. The van der Waals surface area contributed by atoms with Crippen molar-refractivity contribution in [3.63, 3.8) is 0 Å². The van der Waals surface area contributed by atoms with E-state index in [1.807, 2.05) is 23.1 Å². The lowest BCUT2D eigenvalue weighted by atomic mass is 10.00. The number of likely N-dealkylation sites (tertiary alicyclic amines) is 1. The summed E-state index contributed by atoms with van der Waals surface area (Å²) in [6.07, 6.45) is 1.91. The van der Waals surface area contributed by atoms with Crippen molar-refractivity contribution in [2.45, 2.75) is 70.4 Å². The summed E-state index contributed by atoms with van der Waals surface area (Å²) in [4.78, 5) is 30.8. The summed E-state index contributed by atoms with van der Waals surface area (Å²) in [5, 5.41) is 24.2. The Bertz CT molecular complexity index is 1650. The molecule has 0 aliphatic carbocycles. The molecule has 46 heavy (non-hydrogen) atoms. The molecule has 3 aliphatic heterocycles. The van der Waals surface area contributed by atoms with E-state index in [-0.39, 0.29) is 31.6 Å². The van der Waals surface area contributed by atoms with Crippen LogP contribution in [0.3, 0.4) is 0 Å². The molecule has 2 saturated heterocycles. The first-order chi connectivity index (χ1) is 22.0. The number of ether oxygens (including phenoxy) is 2. The van der Waals surface area contributed by atoms with Crippen molar-refractivity contribution in [1.29, 1.82) is 5.26 Å². The molecule has 11 nitrogen and oxygen atoms in total. The minimum Gasteiger partial charge on any atom is -0.462 e. The van der Waals surface area contributed by atoms with Gasteiger partial charge in [-0.1, -0.05) is 35.9 Å². The van der Waals surface area contributed by atoms with Gasteiger partial charge in [0.2, 0.25) is 0 Å². The third-order valence-electron chi connectivity index (χ3n) is 9.09. The average Bonchev–Trinajstić information content (AvgIpc) is 3.42. The molecular formula is C34H42ClN7O4. The van der Waals surface area contributed by atoms with E-state index in [4.69, 9.17) is 31.0 Å². The number of piperazine rings is 1. The van der Waals surface area contributed by atoms with Gasteiger partial charge in [-0.25, -0.2) is 4.79 Å². The highest BCUT2D eigenvalue weighted by Crippen LogP contribution is 2.38. The Kier molecular flexibility index (Phi) is 8.89. The maximum absolute atomic E-state index is 13.1. The molecule has 2 aromatic carbocycles. The number of likely N-dealkylation sites (N-methyl/N-ethyl adjacent to an activating group) is 1. The van der Waals surface area contributed by atoms with Gasteiger partial charge in [-0.3, -0.25) is 4.90 Å². The SMILES string of the molecule is CN1CCC[C@H]1COc1nc2c(c(N3CCN(C(=O)OC(C)(C)C)[C@](O)(CC#N)C3)n1)CCN(c1cccc3cccc(Cl)c13)C2. The van der Waals surface area contributed by atoms with Gasteiger partial charge >= 0.3 is 12.1 Å². The number of aromatic nitrogens is 2. The molecular weight excluding hydrogens is 606 g/mol. The average molecular weight is 648 g/mol. The third-order valence-corrected chi connectivity index (χ3v) is 9.40. The van der Waals surface area contributed by atoms with Crippen LogP contribution in [0.2, 0.25) is 5.02 Å². The van der Waals surface area contributed by atoms with E-state index in [0.717, 1.165) is 47.1 Å². The number of fused-ring (bicyclic) bond motifs is 2. The lowest BCUT2D eigenvalue weighted by Crippen LogP contribution is -2.65. The lowest BCUT2D eigenvalue weighted by molar-refractivity contribution is -0.107. The fourth-order valence-electron chi connectivity index (χ4n) is 6.76. The Hall–Kier alpha value is -3.85. The molecule has 0 spiro atoms. The van der Waals surface area contributed by atoms with E-state index in [0.29, 0.717) is 43.5 Å². The van der Waals surface area contributed by atoms with Crippen molar-refractivity contribution >= 4 is 40.0 Å². The van der Waals surface area contributed by atoms with Gasteiger partial charge in [-0.05, 0) is 71.1 Å². The molecule has 1 N–H and O–H groups in total. The van der Waals surface area contributed by atoms with Crippen molar-refractivity contribution in [2.75, 3.05) is 56.2 Å². The summed E-state index contributed by atoms with van der Waals surface area (Å²) in [5.41, 5.74) is 0.346. The number of halogens is 1. The van der Waals surface area contributed by atoms with Crippen LogP contribution in [0.5, 0.6) is 6.01 Å². The summed E-state index contributed by atoms with van der Waals surface area (Å²) >= 11 is 6.70. The standard InChI is InChI=1S/C34H42ClN7O4/c1-33(2,3)46-32(43)42-19-18-41(22-34(42,44)14-15-36)30-25-13-17-40(28-12-6-9-23-8-5-11-26(35)29(23)28)20-27(25)37-31(38-30)45-21-24-10-7-16-39(24)4/h5-6,8-9,11-12,24,44H,7,10,13-14,16-22H2,1-4H3/t24-,34-/m0/s1. The van der Waals surface area contributed by atoms with Crippen molar-refractivity contribution < 1.29 is 19.4 Å². The van der Waals surface area contributed by atoms with Gasteiger partial charge in [-0.2, -0.15) is 15.2 Å².